The predicted octanol–water partition coefficient (Wildman–Crippen LogP) is 2.31. The molecule has 0 aliphatic heterocycles. The van der Waals surface area contributed by atoms with Gasteiger partial charge in [0.15, 0.2) is 11.0 Å². The van der Waals surface area contributed by atoms with E-state index in [0.717, 1.165) is 5.92 Å². The number of hydrogen-bond acceptors (Lipinski definition) is 4. The van der Waals surface area contributed by atoms with Crippen LogP contribution in [0.25, 0.3) is 0 Å². The smallest absolute Gasteiger partial charge is 0.157 e. The van der Waals surface area contributed by atoms with Crippen LogP contribution in [0.1, 0.15) is 26.2 Å². The molecule has 0 amide bonds. The Hall–Kier alpha value is -1.03. The second-order valence-electron chi connectivity index (χ2n) is 4.05. The quantitative estimate of drug-likeness (QED) is 0.777. The van der Waals surface area contributed by atoms with Gasteiger partial charge < -0.3 is 11.1 Å². The van der Waals surface area contributed by atoms with Crippen molar-refractivity contribution in [3.05, 3.63) is 11.5 Å². The third-order valence-electron chi connectivity index (χ3n) is 3.06. The number of nitrogens with zero attached hydrogens (tertiary/aromatic N) is 2. The second-order valence-corrected chi connectivity index (χ2v) is 4.41. The maximum atomic E-state index is 5.81. The largest absolute Gasteiger partial charge is 0.393 e. The molecule has 15 heavy (non-hydrogen) atoms. The first-order chi connectivity index (χ1) is 7.18. The molecule has 1 saturated carbocycles. The van der Waals surface area contributed by atoms with Crippen molar-refractivity contribution < 1.29 is 0 Å². The van der Waals surface area contributed by atoms with E-state index in [1.165, 1.54) is 25.6 Å². The maximum Gasteiger partial charge on any atom is 0.157 e. The molecular formula is C10H15ClN4. The predicted molar refractivity (Wildman–Crippen MR) is 61.9 cm³/mol. The molecule has 0 bridgehead atoms. The SMILES string of the molecule is CC(Nc1ncnc(Cl)c1N)C1CCC1. The zero-order valence-electron chi connectivity index (χ0n) is 8.70. The van der Waals surface area contributed by atoms with Gasteiger partial charge in [-0.2, -0.15) is 0 Å². The molecule has 0 radical (unpaired) electrons. The minimum Gasteiger partial charge on any atom is -0.393 e. The molecular weight excluding hydrogens is 212 g/mol. The summed E-state index contributed by atoms with van der Waals surface area (Å²) < 4.78 is 0. The van der Waals surface area contributed by atoms with Crippen molar-refractivity contribution in [2.75, 3.05) is 11.1 Å². The first-order valence-electron chi connectivity index (χ1n) is 5.21. The topological polar surface area (TPSA) is 63.8 Å². The number of nitrogens with two attached hydrogens (primary N) is 1. The van der Waals surface area contributed by atoms with Crippen molar-refractivity contribution in [1.29, 1.82) is 0 Å². The zero-order valence-corrected chi connectivity index (χ0v) is 9.46. The lowest BCUT2D eigenvalue weighted by Gasteiger charge is -2.32. The summed E-state index contributed by atoms with van der Waals surface area (Å²) in [6.45, 7) is 2.15. The number of anilines is 2. The molecule has 1 atom stereocenters. The fraction of sp³-hybridized carbons (Fsp3) is 0.600. The Balaban J connectivity index is 2.06. The fourth-order valence-electron chi connectivity index (χ4n) is 1.76. The highest BCUT2D eigenvalue weighted by Gasteiger charge is 2.24. The van der Waals surface area contributed by atoms with Gasteiger partial charge in [-0.15, -0.1) is 0 Å². The van der Waals surface area contributed by atoms with Gasteiger partial charge in [0.25, 0.3) is 0 Å². The lowest BCUT2D eigenvalue weighted by molar-refractivity contribution is 0.285. The standard InChI is InChI=1S/C10H15ClN4/c1-6(7-3-2-4-7)15-10-8(12)9(11)13-5-14-10/h5-7H,2-4,12H2,1H3,(H,13,14,15). The Morgan fingerprint density at radius 1 is 1.53 bits per heavy atom. The molecule has 3 N–H and O–H groups in total. The van der Waals surface area contributed by atoms with Gasteiger partial charge in [0.1, 0.15) is 12.0 Å². The molecule has 1 heterocycles. The van der Waals surface area contributed by atoms with Gasteiger partial charge in [-0.3, -0.25) is 0 Å². The Kier molecular flexibility index (Phi) is 2.95. The van der Waals surface area contributed by atoms with E-state index in [1.807, 2.05) is 0 Å². The maximum absolute atomic E-state index is 5.81. The van der Waals surface area contributed by atoms with Crippen LogP contribution in [0.2, 0.25) is 5.15 Å². The van der Waals surface area contributed by atoms with Crippen LogP contribution >= 0.6 is 11.6 Å². The Morgan fingerprint density at radius 3 is 2.87 bits per heavy atom. The Labute approximate surface area is 94.2 Å². The fourth-order valence-corrected chi connectivity index (χ4v) is 1.90. The van der Waals surface area contributed by atoms with Crippen LogP contribution in [-0.2, 0) is 0 Å². The average molecular weight is 227 g/mol. The first-order valence-corrected chi connectivity index (χ1v) is 5.59. The molecule has 1 aliphatic carbocycles. The van der Waals surface area contributed by atoms with Crippen molar-refractivity contribution in [3.8, 4) is 0 Å². The van der Waals surface area contributed by atoms with Crippen LogP contribution in [0.4, 0.5) is 11.5 Å². The van der Waals surface area contributed by atoms with Gasteiger partial charge in [-0.05, 0) is 25.7 Å². The van der Waals surface area contributed by atoms with Crippen molar-refractivity contribution in [2.45, 2.75) is 32.2 Å². The van der Waals surface area contributed by atoms with Crippen LogP contribution in [-0.4, -0.2) is 16.0 Å². The molecule has 1 aromatic rings. The van der Waals surface area contributed by atoms with E-state index in [2.05, 4.69) is 22.2 Å². The number of rotatable bonds is 3. The summed E-state index contributed by atoms with van der Waals surface area (Å²) in [5.41, 5.74) is 6.21. The van der Waals surface area contributed by atoms with E-state index in [1.54, 1.807) is 0 Å². The highest BCUT2D eigenvalue weighted by Crippen LogP contribution is 2.32. The zero-order chi connectivity index (χ0) is 10.8. The Morgan fingerprint density at radius 2 is 2.27 bits per heavy atom. The van der Waals surface area contributed by atoms with Crippen molar-refractivity contribution in [1.82, 2.24) is 9.97 Å². The summed E-state index contributed by atoms with van der Waals surface area (Å²) in [4.78, 5) is 7.90. The molecule has 0 spiro atoms. The summed E-state index contributed by atoms with van der Waals surface area (Å²) in [6.07, 6.45) is 5.32. The normalized spacial score (nSPS) is 18.3. The van der Waals surface area contributed by atoms with Crippen LogP contribution in [0.3, 0.4) is 0 Å². The highest BCUT2D eigenvalue weighted by molar-refractivity contribution is 6.32. The number of halogens is 1. The van der Waals surface area contributed by atoms with Crippen LogP contribution < -0.4 is 11.1 Å². The highest BCUT2D eigenvalue weighted by atomic mass is 35.5. The van der Waals surface area contributed by atoms with E-state index < -0.39 is 0 Å². The van der Waals surface area contributed by atoms with Crippen LogP contribution in [0.5, 0.6) is 0 Å². The third-order valence-corrected chi connectivity index (χ3v) is 3.36. The minimum atomic E-state index is 0.313. The second kappa shape index (κ2) is 4.23. The molecule has 0 aromatic carbocycles. The Bertz CT molecular complexity index is 351. The molecule has 82 valence electrons. The molecule has 1 aliphatic rings. The van der Waals surface area contributed by atoms with Gasteiger partial charge in [0, 0.05) is 6.04 Å². The van der Waals surface area contributed by atoms with Gasteiger partial charge >= 0.3 is 0 Å². The van der Waals surface area contributed by atoms with E-state index >= 15 is 0 Å². The van der Waals surface area contributed by atoms with Gasteiger partial charge in [0.2, 0.25) is 0 Å². The van der Waals surface area contributed by atoms with E-state index in [-0.39, 0.29) is 0 Å². The van der Waals surface area contributed by atoms with E-state index in [0.29, 0.717) is 22.7 Å². The lowest BCUT2D eigenvalue weighted by Crippen LogP contribution is -2.31. The number of nitrogens with one attached hydrogen (secondary N) is 1. The van der Waals surface area contributed by atoms with Gasteiger partial charge in [-0.25, -0.2) is 9.97 Å². The summed E-state index contributed by atoms with van der Waals surface area (Å²) in [7, 11) is 0. The summed E-state index contributed by atoms with van der Waals surface area (Å²) in [6, 6.07) is 0.395. The molecule has 5 heteroatoms. The number of aromatic nitrogens is 2. The number of hydrogen-bond donors (Lipinski definition) is 2. The van der Waals surface area contributed by atoms with E-state index in [9.17, 15) is 0 Å². The van der Waals surface area contributed by atoms with Crippen molar-refractivity contribution >= 4 is 23.1 Å². The average Bonchev–Trinajstić information content (AvgIpc) is 2.10. The lowest BCUT2D eigenvalue weighted by atomic mass is 9.80. The molecule has 0 saturated heterocycles. The van der Waals surface area contributed by atoms with E-state index in [4.69, 9.17) is 17.3 Å². The van der Waals surface area contributed by atoms with Crippen LogP contribution in [0.15, 0.2) is 6.33 Å². The van der Waals surface area contributed by atoms with Crippen molar-refractivity contribution in [2.24, 2.45) is 5.92 Å². The van der Waals surface area contributed by atoms with Gasteiger partial charge in [0.05, 0.1) is 0 Å². The molecule has 4 nitrogen and oxygen atoms in total. The summed E-state index contributed by atoms with van der Waals surface area (Å²) in [5, 5.41) is 3.61. The molecule has 1 fully saturated rings. The number of nitrogen functional groups attached to an aromatic ring is 1. The summed E-state index contributed by atoms with van der Waals surface area (Å²) >= 11 is 5.81. The first kappa shape index (κ1) is 10.5. The molecule has 1 aromatic heterocycles. The van der Waals surface area contributed by atoms with Gasteiger partial charge in [-0.1, -0.05) is 18.0 Å². The summed E-state index contributed by atoms with van der Waals surface area (Å²) in [5.74, 6) is 1.38. The van der Waals surface area contributed by atoms with Crippen LogP contribution in [0, 0.1) is 5.92 Å². The monoisotopic (exact) mass is 226 g/mol. The molecule has 1 unspecified atom stereocenters. The van der Waals surface area contributed by atoms with Crippen molar-refractivity contribution in [3.63, 3.8) is 0 Å². The molecule has 2 rings (SSSR count). The third kappa shape index (κ3) is 2.15. The minimum absolute atomic E-state index is 0.313.